The van der Waals surface area contributed by atoms with Crippen molar-refractivity contribution in [1.29, 1.82) is 0 Å². The number of nitrogen functional groups attached to an aromatic ring is 1. The Bertz CT molecular complexity index is 517. The van der Waals surface area contributed by atoms with Crippen LogP contribution >= 0.6 is 0 Å². The Morgan fingerprint density at radius 1 is 1.19 bits per heavy atom. The molecule has 0 aliphatic carbocycles. The highest BCUT2D eigenvalue weighted by atomic mass is 19.2. The molecule has 16 heavy (non-hydrogen) atoms. The van der Waals surface area contributed by atoms with E-state index >= 15 is 0 Å². The molecule has 82 valence electrons. The summed E-state index contributed by atoms with van der Waals surface area (Å²) in [4.78, 5) is 3.81. The Kier molecular flexibility index (Phi) is 2.68. The predicted octanol–water partition coefficient (Wildman–Crippen LogP) is 2.73. The number of hydrogen-bond acceptors (Lipinski definition) is 3. The van der Waals surface area contributed by atoms with Gasteiger partial charge < -0.3 is 10.5 Å². The maximum atomic E-state index is 13.2. The van der Waals surface area contributed by atoms with Gasteiger partial charge in [-0.2, -0.15) is 4.39 Å². The molecule has 0 spiro atoms. The van der Waals surface area contributed by atoms with E-state index in [9.17, 15) is 8.78 Å². The van der Waals surface area contributed by atoms with Gasteiger partial charge in [0.15, 0.2) is 11.6 Å². The number of rotatable bonds is 2. The van der Waals surface area contributed by atoms with Gasteiger partial charge in [0.25, 0.3) is 0 Å². The van der Waals surface area contributed by atoms with Gasteiger partial charge in [0.2, 0.25) is 11.7 Å². The van der Waals surface area contributed by atoms with Crippen LogP contribution in [0.1, 0.15) is 0 Å². The third-order valence-corrected chi connectivity index (χ3v) is 1.89. The normalized spacial score (nSPS) is 10.1. The van der Waals surface area contributed by atoms with E-state index in [1.165, 1.54) is 24.4 Å². The van der Waals surface area contributed by atoms with Crippen LogP contribution in [0.3, 0.4) is 0 Å². The average Bonchev–Trinajstić information content (AvgIpc) is 2.25. The summed E-state index contributed by atoms with van der Waals surface area (Å²) < 4.78 is 31.2. The van der Waals surface area contributed by atoms with Crippen molar-refractivity contribution in [3.8, 4) is 11.6 Å². The van der Waals surface area contributed by atoms with E-state index < -0.39 is 11.6 Å². The van der Waals surface area contributed by atoms with Crippen molar-refractivity contribution < 1.29 is 13.5 Å². The number of pyridine rings is 1. The molecule has 0 bridgehead atoms. The van der Waals surface area contributed by atoms with Gasteiger partial charge in [-0.05, 0) is 18.2 Å². The van der Waals surface area contributed by atoms with Crippen molar-refractivity contribution in [2.45, 2.75) is 0 Å². The zero-order valence-corrected chi connectivity index (χ0v) is 8.15. The minimum atomic E-state index is -1.05. The topological polar surface area (TPSA) is 48.1 Å². The summed E-state index contributed by atoms with van der Waals surface area (Å²) in [7, 11) is 0. The second-order valence-electron chi connectivity index (χ2n) is 3.08. The van der Waals surface area contributed by atoms with Gasteiger partial charge in [-0.25, -0.2) is 9.37 Å². The summed E-state index contributed by atoms with van der Waals surface area (Å²) in [6.45, 7) is 0. The Hall–Kier alpha value is -2.17. The molecule has 1 aromatic heterocycles. The molecule has 2 N–H and O–H groups in total. The van der Waals surface area contributed by atoms with Gasteiger partial charge in [0.1, 0.15) is 0 Å². The maximum absolute atomic E-state index is 13.2. The first kappa shape index (κ1) is 10.4. The molecule has 0 unspecified atom stereocenters. The van der Waals surface area contributed by atoms with Crippen molar-refractivity contribution in [2.75, 3.05) is 5.73 Å². The largest absolute Gasteiger partial charge is 0.436 e. The van der Waals surface area contributed by atoms with Crippen molar-refractivity contribution in [3.63, 3.8) is 0 Å². The number of anilines is 1. The lowest BCUT2D eigenvalue weighted by atomic mass is 10.3. The molecule has 5 heteroatoms. The number of nitrogens with zero attached hydrogens (tertiary/aromatic N) is 1. The molecule has 3 nitrogen and oxygen atoms in total. The van der Waals surface area contributed by atoms with Crippen LogP contribution in [0, 0.1) is 11.6 Å². The Labute approximate surface area is 90.5 Å². The van der Waals surface area contributed by atoms with E-state index in [4.69, 9.17) is 10.5 Å². The van der Waals surface area contributed by atoms with Gasteiger partial charge in [-0.15, -0.1) is 0 Å². The van der Waals surface area contributed by atoms with E-state index in [1.807, 2.05) is 0 Å². The number of ether oxygens (including phenoxy) is 1. The summed E-state index contributed by atoms with van der Waals surface area (Å²) in [6, 6.07) is 6.65. The smallest absolute Gasteiger partial charge is 0.221 e. The lowest BCUT2D eigenvalue weighted by Gasteiger charge is -2.06. The highest BCUT2D eigenvalue weighted by Gasteiger charge is 2.09. The monoisotopic (exact) mass is 222 g/mol. The molecule has 0 aliphatic rings. The van der Waals surface area contributed by atoms with Crippen LogP contribution in [0.2, 0.25) is 0 Å². The summed E-state index contributed by atoms with van der Waals surface area (Å²) in [5.41, 5.74) is 5.92. The number of aromatic nitrogens is 1. The maximum Gasteiger partial charge on any atom is 0.221 e. The van der Waals surface area contributed by atoms with Crippen LogP contribution in [0.25, 0.3) is 0 Å². The van der Waals surface area contributed by atoms with Crippen LogP contribution < -0.4 is 10.5 Å². The quantitative estimate of drug-likeness (QED) is 0.849. The van der Waals surface area contributed by atoms with Gasteiger partial charge in [-0.3, -0.25) is 0 Å². The SMILES string of the molecule is Nc1ccnc(Oc2cccc(F)c2F)c1. The number of benzene rings is 1. The standard InChI is InChI=1S/C11H8F2N2O/c12-8-2-1-3-9(11(8)13)16-10-6-7(14)4-5-15-10/h1-6H,(H2,14,15). The van der Waals surface area contributed by atoms with Gasteiger partial charge in [-0.1, -0.05) is 6.07 Å². The summed E-state index contributed by atoms with van der Waals surface area (Å²) >= 11 is 0. The van der Waals surface area contributed by atoms with E-state index in [0.29, 0.717) is 5.69 Å². The summed E-state index contributed by atoms with van der Waals surface area (Å²) in [5, 5.41) is 0. The van der Waals surface area contributed by atoms with Crippen molar-refractivity contribution in [1.82, 2.24) is 4.98 Å². The van der Waals surface area contributed by atoms with Crippen LogP contribution in [0.15, 0.2) is 36.5 Å². The fourth-order valence-electron chi connectivity index (χ4n) is 1.16. The van der Waals surface area contributed by atoms with E-state index in [2.05, 4.69) is 4.98 Å². The molecule has 0 amide bonds. The Morgan fingerprint density at radius 3 is 2.75 bits per heavy atom. The minimum Gasteiger partial charge on any atom is -0.436 e. The highest BCUT2D eigenvalue weighted by molar-refractivity contribution is 5.41. The molecule has 2 rings (SSSR count). The highest BCUT2D eigenvalue weighted by Crippen LogP contribution is 2.25. The first-order chi connectivity index (χ1) is 7.66. The average molecular weight is 222 g/mol. The molecule has 0 atom stereocenters. The van der Waals surface area contributed by atoms with Gasteiger partial charge in [0.05, 0.1) is 0 Å². The number of halogens is 2. The first-order valence-electron chi connectivity index (χ1n) is 4.50. The summed E-state index contributed by atoms with van der Waals surface area (Å²) in [6.07, 6.45) is 1.42. The van der Waals surface area contributed by atoms with Gasteiger partial charge in [0, 0.05) is 18.0 Å². The Morgan fingerprint density at radius 2 is 2.00 bits per heavy atom. The predicted molar refractivity (Wildman–Crippen MR) is 55.1 cm³/mol. The minimum absolute atomic E-state index is 0.115. The molecule has 1 aromatic carbocycles. The molecule has 0 radical (unpaired) electrons. The number of nitrogens with two attached hydrogens (primary N) is 1. The third kappa shape index (κ3) is 2.08. The second kappa shape index (κ2) is 4.14. The lowest BCUT2D eigenvalue weighted by molar-refractivity contribution is 0.406. The van der Waals surface area contributed by atoms with E-state index in [1.54, 1.807) is 6.07 Å². The molecule has 0 aliphatic heterocycles. The molecule has 0 saturated carbocycles. The number of hydrogen-bond donors (Lipinski definition) is 1. The first-order valence-corrected chi connectivity index (χ1v) is 4.50. The molecular formula is C11H8F2N2O. The van der Waals surface area contributed by atoms with Crippen LogP contribution in [0.4, 0.5) is 14.5 Å². The fourth-order valence-corrected chi connectivity index (χ4v) is 1.16. The molecule has 0 fully saturated rings. The second-order valence-corrected chi connectivity index (χ2v) is 3.08. The van der Waals surface area contributed by atoms with Crippen LogP contribution in [0.5, 0.6) is 11.6 Å². The van der Waals surface area contributed by atoms with E-state index in [-0.39, 0.29) is 11.6 Å². The third-order valence-electron chi connectivity index (χ3n) is 1.89. The summed E-state index contributed by atoms with van der Waals surface area (Å²) in [5.74, 6) is -2.13. The molecule has 0 saturated heterocycles. The molecular weight excluding hydrogens is 214 g/mol. The zero-order valence-electron chi connectivity index (χ0n) is 8.15. The van der Waals surface area contributed by atoms with Crippen molar-refractivity contribution in [3.05, 3.63) is 48.2 Å². The van der Waals surface area contributed by atoms with Crippen molar-refractivity contribution in [2.24, 2.45) is 0 Å². The molecule has 1 heterocycles. The lowest BCUT2D eigenvalue weighted by Crippen LogP contribution is -1.94. The zero-order chi connectivity index (χ0) is 11.5. The van der Waals surface area contributed by atoms with Crippen molar-refractivity contribution >= 4 is 5.69 Å². The van der Waals surface area contributed by atoms with Crippen LogP contribution in [-0.4, -0.2) is 4.98 Å². The Balaban J connectivity index is 2.31. The molecule has 2 aromatic rings. The van der Waals surface area contributed by atoms with E-state index in [0.717, 1.165) is 6.07 Å². The fraction of sp³-hybridized carbons (Fsp3) is 0. The van der Waals surface area contributed by atoms with Gasteiger partial charge >= 0.3 is 0 Å². The van der Waals surface area contributed by atoms with Crippen LogP contribution in [-0.2, 0) is 0 Å².